The predicted octanol–water partition coefficient (Wildman–Crippen LogP) is 6.40. The average Bonchev–Trinajstić information content (AvgIpc) is 2.80. The molecule has 3 aromatic carbocycles. The molecule has 0 spiro atoms. The fraction of sp³-hybridized carbons (Fsp3) is 0.0400. The lowest BCUT2D eigenvalue weighted by Gasteiger charge is -2.10. The van der Waals surface area contributed by atoms with Crippen molar-refractivity contribution in [1.29, 1.82) is 0 Å². The van der Waals surface area contributed by atoms with Crippen molar-refractivity contribution in [2.24, 2.45) is 0 Å². The molecule has 0 aliphatic carbocycles. The Bertz CT molecular complexity index is 1320. The van der Waals surface area contributed by atoms with Crippen molar-refractivity contribution in [2.75, 3.05) is 16.0 Å². The number of nitrogens with zero attached hydrogens (tertiary/aromatic N) is 2. The van der Waals surface area contributed by atoms with Gasteiger partial charge in [0.15, 0.2) is 0 Å². The van der Waals surface area contributed by atoms with Crippen LogP contribution in [-0.4, -0.2) is 21.8 Å². The van der Waals surface area contributed by atoms with Crippen LogP contribution in [-0.2, 0) is 4.79 Å². The number of carbonyl (C=O) groups is 2. The van der Waals surface area contributed by atoms with E-state index in [2.05, 4.69) is 25.9 Å². The summed E-state index contributed by atoms with van der Waals surface area (Å²) in [7, 11) is 0. The third kappa shape index (κ3) is 5.70. The first-order chi connectivity index (χ1) is 16.4. The van der Waals surface area contributed by atoms with Gasteiger partial charge in [0, 0.05) is 35.7 Å². The third-order valence-electron chi connectivity index (χ3n) is 4.75. The van der Waals surface area contributed by atoms with Crippen LogP contribution in [0.15, 0.2) is 79.0 Å². The molecule has 0 saturated carbocycles. The Morgan fingerprint density at radius 2 is 1.35 bits per heavy atom. The van der Waals surface area contributed by atoms with Crippen LogP contribution in [0.2, 0.25) is 10.0 Å². The SMILES string of the molecule is CC(=O)Nc1ccc(-c2ccnc(Nc3ccc(NC(=O)c4c(Cl)cccc4Cl)cc3)n2)cc1. The van der Waals surface area contributed by atoms with Crippen molar-refractivity contribution in [3.05, 3.63) is 94.6 Å². The number of rotatable bonds is 6. The molecule has 4 aromatic rings. The standard InChI is InChI=1S/C25H19Cl2N5O2/c1-15(33)29-17-7-5-16(6-8-17)22-13-14-28-25(32-22)31-19-11-9-18(10-12-19)30-24(34)23-20(26)3-2-4-21(23)27/h2-14H,1H3,(H,29,33)(H,30,34)(H,28,31,32). The molecule has 170 valence electrons. The molecule has 0 aliphatic rings. The van der Waals surface area contributed by atoms with E-state index < -0.39 is 5.91 Å². The van der Waals surface area contributed by atoms with E-state index >= 15 is 0 Å². The van der Waals surface area contributed by atoms with Gasteiger partial charge in [-0.1, -0.05) is 41.4 Å². The maximum Gasteiger partial charge on any atom is 0.258 e. The zero-order chi connectivity index (χ0) is 24.1. The van der Waals surface area contributed by atoms with Crippen molar-refractivity contribution in [1.82, 2.24) is 9.97 Å². The fourth-order valence-electron chi connectivity index (χ4n) is 3.18. The lowest BCUT2D eigenvalue weighted by atomic mass is 10.1. The van der Waals surface area contributed by atoms with Gasteiger partial charge < -0.3 is 16.0 Å². The molecule has 2 amide bonds. The quantitative estimate of drug-likeness (QED) is 0.289. The van der Waals surface area contributed by atoms with Crippen molar-refractivity contribution in [3.8, 4) is 11.3 Å². The highest BCUT2D eigenvalue weighted by Crippen LogP contribution is 2.26. The maximum absolute atomic E-state index is 12.5. The average molecular weight is 492 g/mol. The number of nitrogens with one attached hydrogen (secondary N) is 3. The van der Waals surface area contributed by atoms with Crippen LogP contribution in [0.25, 0.3) is 11.3 Å². The molecule has 0 radical (unpaired) electrons. The number of hydrogen-bond acceptors (Lipinski definition) is 5. The first kappa shape index (κ1) is 23.2. The third-order valence-corrected chi connectivity index (χ3v) is 5.38. The molecule has 1 aromatic heterocycles. The maximum atomic E-state index is 12.5. The molecule has 3 N–H and O–H groups in total. The number of anilines is 4. The summed E-state index contributed by atoms with van der Waals surface area (Å²) in [5.41, 5.74) is 3.88. The van der Waals surface area contributed by atoms with Gasteiger partial charge in [0.1, 0.15) is 0 Å². The first-order valence-electron chi connectivity index (χ1n) is 10.2. The lowest BCUT2D eigenvalue weighted by Crippen LogP contribution is -2.13. The lowest BCUT2D eigenvalue weighted by molar-refractivity contribution is -0.114. The Morgan fingerprint density at radius 1 is 0.765 bits per heavy atom. The smallest absolute Gasteiger partial charge is 0.258 e. The minimum atomic E-state index is -0.392. The predicted molar refractivity (Wildman–Crippen MR) is 136 cm³/mol. The zero-order valence-corrected chi connectivity index (χ0v) is 19.5. The number of halogens is 2. The number of benzene rings is 3. The van der Waals surface area contributed by atoms with E-state index in [1.807, 2.05) is 24.3 Å². The van der Waals surface area contributed by atoms with E-state index in [1.54, 1.807) is 54.7 Å². The van der Waals surface area contributed by atoms with Gasteiger partial charge in [-0.3, -0.25) is 9.59 Å². The van der Waals surface area contributed by atoms with E-state index in [9.17, 15) is 9.59 Å². The highest BCUT2D eigenvalue weighted by atomic mass is 35.5. The summed E-state index contributed by atoms with van der Waals surface area (Å²) in [6.07, 6.45) is 1.66. The van der Waals surface area contributed by atoms with Gasteiger partial charge in [-0.15, -0.1) is 0 Å². The molecule has 9 heteroatoms. The molecule has 0 saturated heterocycles. The van der Waals surface area contributed by atoms with E-state index in [0.717, 1.165) is 16.9 Å². The zero-order valence-electron chi connectivity index (χ0n) is 18.0. The Labute approximate surface area is 206 Å². The molecule has 1 heterocycles. The summed E-state index contributed by atoms with van der Waals surface area (Å²) in [6, 6.07) is 21.2. The van der Waals surface area contributed by atoms with Crippen molar-refractivity contribution < 1.29 is 9.59 Å². The fourth-order valence-corrected chi connectivity index (χ4v) is 3.75. The highest BCUT2D eigenvalue weighted by molar-refractivity contribution is 6.40. The largest absolute Gasteiger partial charge is 0.326 e. The molecule has 0 atom stereocenters. The molecule has 0 unspecified atom stereocenters. The summed E-state index contributed by atoms with van der Waals surface area (Å²) in [6.45, 7) is 1.46. The molecular weight excluding hydrogens is 473 g/mol. The molecule has 0 bridgehead atoms. The number of carbonyl (C=O) groups excluding carboxylic acids is 2. The van der Waals surface area contributed by atoms with Gasteiger partial charge >= 0.3 is 0 Å². The molecule has 0 aliphatic heterocycles. The van der Waals surface area contributed by atoms with Gasteiger partial charge in [-0.2, -0.15) is 0 Å². The summed E-state index contributed by atoms with van der Waals surface area (Å²) in [5.74, 6) is -0.0977. The normalized spacial score (nSPS) is 10.4. The number of aromatic nitrogens is 2. The van der Waals surface area contributed by atoms with Crippen LogP contribution < -0.4 is 16.0 Å². The van der Waals surface area contributed by atoms with Crippen molar-refractivity contribution >= 4 is 58.0 Å². The van der Waals surface area contributed by atoms with Crippen LogP contribution in [0.5, 0.6) is 0 Å². The van der Waals surface area contributed by atoms with Crippen molar-refractivity contribution in [3.63, 3.8) is 0 Å². The molecule has 4 rings (SSSR count). The number of amides is 2. The van der Waals surface area contributed by atoms with E-state index in [1.165, 1.54) is 6.92 Å². The van der Waals surface area contributed by atoms with Crippen LogP contribution in [0.3, 0.4) is 0 Å². The van der Waals surface area contributed by atoms with E-state index in [4.69, 9.17) is 23.2 Å². The monoisotopic (exact) mass is 491 g/mol. The van der Waals surface area contributed by atoms with Gasteiger partial charge in [0.2, 0.25) is 11.9 Å². The van der Waals surface area contributed by atoms with Gasteiger partial charge in [-0.25, -0.2) is 9.97 Å². The Balaban J connectivity index is 1.44. The topological polar surface area (TPSA) is 96.0 Å². The van der Waals surface area contributed by atoms with Gasteiger partial charge in [-0.05, 0) is 54.6 Å². The summed E-state index contributed by atoms with van der Waals surface area (Å²) in [4.78, 5) is 32.5. The van der Waals surface area contributed by atoms with Gasteiger partial charge in [0.05, 0.1) is 21.3 Å². The minimum Gasteiger partial charge on any atom is -0.326 e. The van der Waals surface area contributed by atoms with E-state index in [-0.39, 0.29) is 21.5 Å². The van der Waals surface area contributed by atoms with Crippen LogP contribution >= 0.6 is 23.2 Å². The molecule has 0 fully saturated rings. The molecule has 34 heavy (non-hydrogen) atoms. The minimum absolute atomic E-state index is 0.125. The van der Waals surface area contributed by atoms with Crippen LogP contribution in [0.4, 0.5) is 23.0 Å². The Morgan fingerprint density at radius 3 is 2.00 bits per heavy atom. The second-order valence-corrected chi connectivity index (χ2v) is 8.09. The highest BCUT2D eigenvalue weighted by Gasteiger charge is 2.14. The van der Waals surface area contributed by atoms with Crippen LogP contribution in [0, 0.1) is 0 Å². The van der Waals surface area contributed by atoms with Crippen molar-refractivity contribution in [2.45, 2.75) is 6.92 Å². The summed E-state index contributed by atoms with van der Waals surface area (Å²) < 4.78 is 0. The second-order valence-electron chi connectivity index (χ2n) is 7.28. The van der Waals surface area contributed by atoms with E-state index in [0.29, 0.717) is 17.3 Å². The summed E-state index contributed by atoms with van der Waals surface area (Å²) in [5, 5.41) is 9.23. The molecule has 7 nitrogen and oxygen atoms in total. The summed E-state index contributed by atoms with van der Waals surface area (Å²) >= 11 is 12.2. The first-order valence-corrected chi connectivity index (χ1v) is 11.0. The van der Waals surface area contributed by atoms with Crippen LogP contribution in [0.1, 0.15) is 17.3 Å². The van der Waals surface area contributed by atoms with Gasteiger partial charge in [0.25, 0.3) is 5.91 Å². The molecular formula is C25H19Cl2N5O2. The Kier molecular flexibility index (Phi) is 7.06. The number of hydrogen-bond donors (Lipinski definition) is 3. The Hall–Kier alpha value is -3.94. The second kappa shape index (κ2) is 10.3.